The van der Waals surface area contributed by atoms with Crippen molar-refractivity contribution in [1.82, 2.24) is 9.62 Å². The van der Waals surface area contributed by atoms with Crippen LogP contribution in [0.15, 0.2) is 45.8 Å². The summed E-state index contributed by atoms with van der Waals surface area (Å²) in [6.07, 6.45) is 2.87. The summed E-state index contributed by atoms with van der Waals surface area (Å²) >= 11 is 3.38. The predicted octanol–water partition coefficient (Wildman–Crippen LogP) is 3.57. The third-order valence-electron chi connectivity index (χ3n) is 5.04. The van der Waals surface area contributed by atoms with Crippen LogP contribution in [0.2, 0.25) is 0 Å². The number of hydrogen-bond donors (Lipinski definition) is 1. The van der Waals surface area contributed by atoms with Gasteiger partial charge in [-0.05, 0) is 58.6 Å². The molecule has 0 aromatic heterocycles. The fourth-order valence-corrected chi connectivity index (χ4v) is 5.39. The third kappa shape index (κ3) is 4.96. The summed E-state index contributed by atoms with van der Waals surface area (Å²) in [5.41, 5.74) is 1.20. The van der Waals surface area contributed by atoms with Crippen LogP contribution in [0.5, 0.6) is 11.5 Å². The van der Waals surface area contributed by atoms with Gasteiger partial charge in [-0.3, -0.25) is 4.79 Å². The molecule has 1 saturated heterocycles. The fourth-order valence-electron chi connectivity index (χ4n) is 3.32. The normalized spacial score (nSPS) is 14.9. The second-order valence-corrected chi connectivity index (χ2v) is 9.72. The Morgan fingerprint density at radius 1 is 1.03 bits per heavy atom. The van der Waals surface area contributed by atoms with E-state index in [4.69, 9.17) is 9.47 Å². The Hall–Kier alpha value is -2.10. The molecule has 1 aliphatic rings. The SMILES string of the molecule is COc1cc(C(=O)NCc2ccc(S(=O)(=O)N3CCCCC3)cc2)cc(OC)c1Br. The Kier molecular flexibility index (Phi) is 7.38. The molecule has 2 aromatic rings. The maximum absolute atomic E-state index is 12.7. The number of nitrogens with zero attached hydrogens (tertiary/aromatic N) is 1. The van der Waals surface area contributed by atoms with Crippen molar-refractivity contribution in [2.75, 3.05) is 27.3 Å². The van der Waals surface area contributed by atoms with Crippen LogP contribution in [-0.4, -0.2) is 45.9 Å². The summed E-state index contributed by atoms with van der Waals surface area (Å²) in [5.74, 6) is 0.697. The summed E-state index contributed by atoms with van der Waals surface area (Å²) in [5, 5.41) is 2.83. The number of hydrogen-bond acceptors (Lipinski definition) is 5. The number of carbonyl (C=O) groups excluding carboxylic acids is 1. The lowest BCUT2D eigenvalue weighted by atomic mass is 10.1. The molecule has 7 nitrogen and oxygen atoms in total. The lowest BCUT2D eigenvalue weighted by Gasteiger charge is -2.25. The molecular weight excluding hydrogens is 472 g/mol. The molecule has 2 aromatic carbocycles. The average molecular weight is 497 g/mol. The third-order valence-corrected chi connectivity index (χ3v) is 7.73. The van der Waals surface area contributed by atoms with Crippen molar-refractivity contribution >= 4 is 31.9 Å². The zero-order chi connectivity index (χ0) is 21.7. The molecule has 3 rings (SSSR count). The molecule has 162 valence electrons. The lowest BCUT2D eigenvalue weighted by molar-refractivity contribution is 0.0950. The van der Waals surface area contributed by atoms with Gasteiger partial charge in [-0.15, -0.1) is 0 Å². The van der Waals surface area contributed by atoms with Gasteiger partial charge in [0.05, 0.1) is 19.1 Å². The highest BCUT2D eigenvalue weighted by Gasteiger charge is 2.25. The van der Waals surface area contributed by atoms with Crippen molar-refractivity contribution in [3.05, 3.63) is 52.0 Å². The lowest BCUT2D eigenvalue weighted by Crippen LogP contribution is -2.35. The van der Waals surface area contributed by atoms with Gasteiger partial charge in [0, 0.05) is 25.2 Å². The fraction of sp³-hybridized carbons (Fsp3) is 0.381. The van der Waals surface area contributed by atoms with Gasteiger partial charge < -0.3 is 14.8 Å². The van der Waals surface area contributed by atoms with Crippen LogP contribution < -0.4 is 14.8 Å². The van der Waals surface area contributed by atoms with Crippen LogP contribution in [-0.2, 0) is 16.6 Å². The first-order chi connectivity index (χ1) is 14.4. The molecule has 0 unspecified atom stereocenters. The number of piperidine rings is 1. The van der Waals surface area contributed by atoms with Gasteiger partial charge in [-0.2, -0.15) is 4.31 Å². The number of rotatable bonds is 7. The van der Waals surface area contributed by atoms with E-state index in [0.717, 1.165) is 24.8 Å². The number of amides is 1. The number of ether oxygens (including phenoxy) is 2. The first-order valence-electron chi connectivity index (χ1n) is 9.65. The van der Waals surface area contributed by atoms with Crippen LogP contribution in [0.4, 0.5) is 0 Å². The summed E-state index contributed by atoms with van der Waals surface area (Å²) in [6.45, 7) is 1.41. The molecular formula is C21H25BrN2O5S. The van der Waals surface area contributed by atoms with Gasteiger partial charge in [-0.25, -0.2) is 8.42 Å². The first-order valence-corrected chi connectivity index (χ1v) is 11.9. The highest BCUT2D eigenvalue weighted by atomic mass is 79.9. The zero-order valence-corrected chi connectivity index (χ0v) is 19.4. The highest BCUT2D eigenvalue weighted by Crippen LogP contribution is 2.35. The van der Waals surface area contributed by atoms with Crippen LogP contribution in [0.25, 0.3) is 0 Å². The van der Waals surface area contributed by atoms with E-state index < -0.39 is 10.0 Å². The molecule has 0 bridgehead atoms. The molecule has 1 aliphatic heterocycles. The van der Waals surface area contributed by atoms with Crippen LogP contribution in [0.1, 0.15) is 35.2 Å². The molecule has 0 spiro atoms. The van der Waals surface area contributed by atoms with Gasteiger partial charge >= 0.3 is 0 Å². The monoisotopic (exact) mass is 496 g/mol. The molecule has 0 radical (unpaired) electrons. The summed E-state index contributed by atoms with van der Waals surface area (Å²) in [7, 11) is -0.430. The Morgan fingerprint density at radius 2 is 1.60 bits per heavy atom. The zero-order valence-electron chi connectivity index (χ0n) is 17.0. The molecule has 0 aliphatic carbocycles. The molecule has 30 heavy (non-hydrogen) atoms. The van der Waals surface area contributed by atoms with Crippen LogP contribution in [0.3, 0.4) is 0 Å². The van der Waals surface area contributed by atoms with Crippen LogP contribution >= 0.6 is 15.9 Å². The minimum absolute atomic E-state index is 0.267. The Balaban J connectivity index is 1.67. The minimum atomic E-state index is -3.46. The molecule has 1 fully saturated rings. The van der Waals surface area contributed by atoms with Crippen molar-refractivity contribution in [2.45, 2.75) is 30.7 Å². The number of sulfonamides is 1. The number of benzene rings is 2. The maximum atomic E-state index is 12.7. The second-order valence-electron chi connectivity index (χ2n) is 6.99. The Bertz CT molecular complexity index is 978. The summed E-state index contributed by atoms with van der Waals surface area (Å²) < 4.78 is 38.2. The number of carbonyl (C=O) groups is 1. The van der Waals surface area contributed by atoms with E-state index in [1.807, 2.05) is 0 Å². The predicted molar refractivity (Wildman–Crippen MR) is 117 cm³/mol. The molecule has 0 atom stereocenters. The van der Waals surface area contributed by atoms with E-state index >= 15 is 0 Å². The van der Waals surface area contributed by atoms with Gasteiger partial charge in [0.15, 0.2) is 0 Å². The van der Waals surface area contributed by atoms with Crippen molar-refractivity contribution in [1.29, 1.82) is 0 Å². The molecule has 9 heteroatoms. The molecule has 1 amide bonds. The quantitative estimate of drug-likeness (QED) is 0.633. The van der Waals surface area contributed by atoms with Gasteiger partial charge in [0.2, 0.25) is 10.0 Å². The number of methoxy groups -OCH3 is 2. The topological polar surface area (TPSA) is 84.9 Å². The summed E-state index contributed by atoms with van der Waals surface area (Å²) in [4.78, 5) is 12.8. The van der Waals surface area contributed by atoms with E-state index in [2.05, 4.69) is 21.2 Å². The number of halogens is 1. The van der Waals surface area contributed by atoms with E-state index in [-0.39, 0.29) is 17.3 Å². The first kappa shape index (κ1) is 22.6. The molecule has 1 N–H and O–H groups in total. The second kappa shape index (κ2) is 9.80. The standard InChI is InChI=1S/C21H25BrN2O5S/c1-28-18-12-16(13-19(29-2)20(18)22)21(25)23-14-15-6-8-17(9-7-15)30(26,27)24-10-4-3-5-11-24/h6-9,12-13H,3-5,10-11,14H2,1-2H3,(H,23,25). The minimum Gasteiger partial charge on any atom is -0.495 e. The molecule has 0 saturated carbocycles. The maximum Gasteiger partial charge on any atom is 0.251 e. The van der Waals surface area contributed by atoms with Gasteiger partial charge in [0.1, 0.15) is 16.0 Å². The van der Waals surface area contributed by atoms with Gasteiger partial charge in [-0.1, -0.05) is 18.6 Å². The Labute approximate surface area is 185 Å². The van der Waals surface area contributed by atoms with Crippen molar-refractivity contribution in [3.8, 4) is 11.5 Å². The largest absolute Gasteiger partial charge is 0.495 e. The Morgan fingerprint density at radius 3 is 2.13 bits per heavy atom. The van der Waals surface area contributed by atoms with Gasteiger partial charge in [0.25, 0.3) is 5.91 Å². The van der Waals surface area contributed by atoms with Crippen molar-refractivity contribution in [2.24, 2.45) is 0 Å². The average Bonchev–Trinajstić information content (AvgIpc) is 2.78. The van der Waals surface area contributed by atoms with Crippen molar-refractivity contribution in [3.63, 3.8) is 0 Å². The van der Waals surface area contributed by atoms with Crippen LogP contribution in [0, 0.1) is 0 Å². The number of nitrogens with one attached hydrogen (secondary N) is 1. The van der Waals surface area contributed by atoms with E-state index in [9.17, 15) is 13.2 Å². The van der Waals surface area contributed by atoms with Crippen molar-refractivity contribution < 1.29 is 22.7 Å². The highest BCUT2D eigenvalue weighted by molar-refractivity contribution is 9.10. The van der Waals surface area contributed by atoms with E-state index in [1.54, 1.807) is 40.7 Å². The molecule has 1 heterocycles. The van der Waals surface area contributed by atoms with E-state index in [1.165, 1.54) is 14.2 Å². The van der Waals surface area contributed by atoms with E-state index in [0.29, 0.717) is 34.6 Å². The smallest absolute Gasteiger partial charge is 0.251 e. The summed E-state index contributed by atoms with van der Waals surface area (Å²) in [6, 6.07) is 9.88.